The van der Waals surface area contributed by atoms with Crippen LogP contribution in [-0.4, -0.2) is 0 Å². The van der Waals surface area contributed by atoms with E-state index in [-0.39, 0.29) is 5.41 Å². The Hall–Kier alpha value is -6.96. The van der Waals surface area contributed by atoms with E-state index in [0.717, 1.165) is 11.2 Å². The maximum Gasteiger partial charge on any atom is 0.136 e. The zero-order valence-electron chi connectivity index (χ0n) is 31.2. The van der Waals surface area contributed by atoms with Gasteiger partial charge in [-0.25, -0.2) is 0 Å². The van der Waals surface area contributed by atoms with E-state index in [1.807, 2.05) is 6.07 Å². The van der Waals surface area contributed by atoms with Crippen LogP contribution in [0.4, 0.5) is 0 Å². The molecule has 10 aromatic carbocycles. The predicted octanol–water partition coefficient (Wildman–Crippen LogP) is 15.5. The molecule has 1 aliphatic carbocycles. The molecule has 0 N–H and O–H groups in total. The van der Waals surface area contributed by atoms with Crippen molar-refractivity contribution < 1.29 is 4.42 Å². The van der Waals surface area contributed by atoms with Gasteiger partial charge in [0.25, 0.3) is 0 Å². The molecule has 11 aromatic rings. The van der Waals surface area contributed by atoms with Crippen LogP contribution in [0.2, 0.25) is 0 Å². The van der Waals surface area contributed by atoms with Crippen molar-refractivity contribution in [1.82, 2.24) is 0 Å². The average molecular weight is 713 g/mol. The van der Waals surface area contributed by atoms with Gasteiger partial charge in [-0.3, -0.25) is 0 Å². The molecule has 1 nitrogen and oxygen atoms in total. The predicted molar refractivity (Wildman–Crippen MR) is 238 cm³/mol. The van der Waals surface area contributed by atoms with E-state index in [2.05, 4.69) is 190 Å². The second kappa shape index (κ2) is 11.5. The number of fused-ring (bicyclic) bond motifs is 10. The number of para-hydroxylation sites is 1. The first kappa shape index (κ1) is 31.4. The molecule has 1 heterocycles. The summed E-state index contributed by atoms with van der Waals surface area (Å²) in [6.45, 7) is 4.74. The minimum absolute atomic E-state index is 0.115. The largest absolute Gasteiger partial charge is 0.456 e. The summed E-state index contributed by atoms with van der Waals surface area (Å²) in [6, 6.07) is 67.3. The highest BCUT2D eigenvalue weighted by Gasteiger charge is 2.36. The quantitative estimate of drug-likeness (QED) is 0.166. The lowest BCUT2D eigenvalue weighted by atomic mass is 9.81. The molecule has 0 fully saturated rings. The zero-order chi connectivity index (χ0) is 37.1. The zero-order valence-corrected chi connectivity index (χ0v) is 31.2. The number of hydrogen-bond donors (Lipinski definition) is 0. The summed E-state index contributed by atoms with van der Waals surface area (Å²) >= 11 is 0. The molecule has 1 aromatic heterocycles. The van der Waals surface area contributed by atoms with Gasteiger partial charge in [0.15, 0.2) is 0 Å². The fourth-order valence-corrected chi connectivity index (χ4v) is 9.92. The third kappa shape index (κ3) is 4.43. The number of furan rings is 1. The van der Waals surface area contributed by atoms with Crippen LogP contribution in [0.1, 0.15) is 25.0 Å². The Labute approximate surface area is 325 Å². The molecule has 0 bridgehead atoms. The molecule has 12 rings (SSSR count). The molecule has 1 heteroatoms. The number of hydrogen-bond acceptors (Lipinski definition) is 1. The van der Waals surface area contributed by atoms with Crippen molar-refractivity contribution in [3.05, 3.63) is 193 Å². The molecule has 0 radical (unpaired) electrons. The van der Waals surface area contributed by atoms with Gasteiger partial charge in [-0.15, -0.1) is 0 Å². The molecule has 0 unspecified atom stereocenters. The van der Waals surface area contributed by atoms with Crippen molar-refractivity contribution in [3.8, 4) is 44.5 Å². The van der Waals surface area contributed by atoms with Gasteiger partial charge in [0, 0.05) is 16.2 Å². The Bertz CT molecular complexity index is 3390. The van der Waals surface area contributed by atoms with Gasteiger partial charge in [0.1, 0.15) is 11.2 Å². The van der Waals surface area contributed by atoms with Crippen molar-refractivity contribution in [3.63, 3.8) is 0 Å². The SMILES string of the molecule is CC1(C)c2ccc(-c3cccc(-c4c5ccccc5c(-c5cccc6ccccc56)c5ccccc45)c3)cc2-c2cc3cc4oc5ccccc5c4cc3cc21. The number of benzene rings is 10. The van der Waals surface area contributed by atoms with Crippen LogP contribution in [-0.2, 0) is 5.41 Å². The first-order valence-corrected chi connectivity index (χ1v) is 19.6. The molecule has 0 atom stereocenters. The van der Waals surface area contributed by atoms with Gasteiger partial charge in [-0.05, 0) is 141 Å². The minimum Gasteiger partial charge on any atom is -0.456 e. The van der Waals surface area contributed by atoms with E-state index in [1.54, 1.807) is 0 Å². The molecule has 0 amide bonds. The number of rotatable bonds is 3. The van der Waals surface area contributed by atoms with E-state index in [0.29, 0.717) is 0 Å². The van der Waals surface area contributed by atoms with Crippen LogP contribution in [0.25, 0.3) is 110 Å². The van der Waals surface area contributed by atoms with Crippen molar-refractivity contribution in [2.45, 2.75) is 19.3 Å². The average Bonchev–Trinajstić information content (AvgIpc) is 3.71. The minimum atomic E-state index is -0.115. The summed E-state index contributed by atoms with van der Waals surface area (Å²) in [5.74, 6) is 0. The molecule has 1 aliphatic rings. The van der Waals surface area contributed by atoms with E-state index < -0.39 is 0 Å². The summed E-state index contributed by atoms with van der Waals surface area (Å²) in [6.07, 6.45) is 0. The molecule has 0 spiro atoms. The normalized spacial score (nSPS) is 13.3. The Kier molecular flexibility index (Phi) is 6.46. The van der Waals surface area contributed by atoms with Gasteiger partial charge in [0.2, 0.25) is 0 Å². The second-order valence-corrected chi connectivity index (χ2v) is 16.0. The second-order valence-electron chi connectivity index (χ2n) is 16.0. The Balaban J connectivity index is 1.03. The van der Waals surface area contributed by atoms with E-state index in [4.69, 9.17) is 4.42 Å². The molecular formula is C55H36O. The lowest BCUT2D eigenvalue weighted by Crippen LogP contribution is -2.14. The van der Waals surface area contributed by atoms with Gasteiger partial charge in [0.05, 0.1) is 0 Å². The summed E-state index contributed by atoms with van der Waals surface area (Å²) < 4.78 is 6.31. The maximum absolute atomic E-state index is 6.31. The van der Waals surface area contributed by atoms with Crippen LogP contribution in [0.3, 0.4) is 0 Å². The van der Waals surface area contributed by atoms with Gasteiger partial charge < -0.3 is 4.42 Å². The highest BCUT2D eigenvalue weighted by Crippen LogP contribution is 2.52. The summed E-state index contributed by atoms with van der Waals surface area (Å²) in [4.78, 5) is 0. The van der Waals surface area contributed by atoms with E-state index >= 15 is 0 Å². The third-order valence-electron chi connectivity index (χ3n) is 12.6. The highest BCUT2D eigenvalue weighted by atomic mass is 16.3. The molecule has 56 heavy (non-hydrogen) atoms. The summed E-state index contributed by atoms with van der Waals surface area (Å²) in [5, 5.41) is 12.4. The van der Waals surface area contributed by atoms with Crippen LogP contribution in [0, 0.1) is 0 Å². The van der Waals surface area contributed by atoms with Gasteiger partial charge in [-0.2, -0.15) is 0 Å². The Morgan fingerprint density at radius 2 is 0.911 bits per heavy atom. The summed E-state index contributed by atoms with van der Waals surface area (Å²) in [5.41, 5.74) is 14.6. The third-order valence-corrected chi connectivity index (χ3v) is 12.6. The lowest BCUT2D eigenvalue weighted by Gasteiger charge is -2.22. The first-order valence-electron chi connectivity index (χ1n) is 19.6. The van der Waals surface area contributed by atoms with Gasteiger partial charge in [-0.1, -0.05) is 153 Å². The molecule has 0 saturated heterocycles. The van der Waals surface area contributed by atoms with Crippen LogP contribution >= 0.6 is 0 Å². The van der Waals surface area contributed by atoms with Crippen molar-refractivity contribution in [2.24, 2.45) is 0 Å². The van der Waals surface area contributed by atoms with Crippen molar-refractivity contribution in [1.29, 1.82) is 0 Å². The fraction of sp³-hybridized carbons (Fsp3) is 0.0545. The maximum atomic E-state index is 6.31. The highest BCUT2D eigenvalue weighted by molar-refractivity contribution is 6.23. The van der Waals surface area contributed by atoms with E-state index in [1.165, 1.54) is 109 Å². The fourth-order valence-electron chi connectivity index (χ4n) is 9.92. The lowest BCUT2D eigenvalue weighted by molar-refractivity contribution is 0.661. The van der Waals surface area contributed by atoms with E-state index in [9.17, 15) is 0 Å². The van der Waals surface area contributed by atoms with Crippen molar-refractivity contribution in [2.75, 3.05) is 0 Å². The summed E-state index contributed by atoms with van der Waals surface area (Å²) in [7, 11) is 0. The van der Waals surface area contributed by atoms with Crippen LogP contribution < -0.4 is 0 Å². The standard InChI is InChI=1S/C55H36O/c1-55(2)49-26-25-35(28-46(49)47-29-38-32-52-48(30-37(38)31-50(47)55)40-18-9-10-24-51(40)56-52)34-15-11-16-36(27-34)53-42-19-5-7-21-44(42)54(45-22-8-6-20-43(45)53)41-23-12-14-33-13-3-4-17-39(33)41/h3-32H,1-2H3. The smallest absolute Gasteiger partial charge is 0.136 e. The van der Waals surface area contributed by atoms with Crippen molar-refractivity contribution >= 4 is 65.0 Å². The topological polar surface area (TPSA) is 13.1 Å². The van der Waals surface area contributed by atoms with Crippen LogP contribution in [0.5, 0.6) is 0 Å². The molecular weight excluding hydrogens is 677 g/mol. The molecule has 0 aliphatic heterocycles. The molecule has 0 saturated carbocycles. The molecule has 262 valence electrons. The van der Waals surface area contributed by atoms with Crippen LogP contribution in [0.15, 0.2) is 186 Å². The van der Waals surface area contributed by atoms with Gasteiger partial charge >= 0.3 is 0 Å². The Morgan fingerprint density at radius 1 is 0.321 bits per heavy atom. The first-order chi connectivity index (χ1) is 27.5. The monoisotopic (exact) mass is 712 g/mol. The Morgan fingerprint density at radius 3 is 1.70 bits per heavy atom.